The smallest absolute Gasteiger partial charge is 0.152 e. The number of aryl methyl sites for hydroxylation is 1. The molecule has 1 aromatic heterocycles. The van der Waals surface area contributed by atoms with Gasteiger partial charge in [0, 0.05) is 25.1 Å². The first-order chi connectivity index (χ1) is 9.38. The zero-order valence-corrected chi connectivity index (χ0v) is 12.9. The van der Waals surface area contributed by atoms with Crippen molar-refractivity contribution in [1.29, 1.82) is 0 Å². The number of rotatable bonds is 4. The Hall–Kier alpha value is -1.41. The van der Waals surface area contributed by atoms with E-state index in [9.17, 15) is 8.42 Å². The average Bonchev–Trinajstić information content (AvgIpc) is 2.78. The van der Waals surface area contributed by atoms with E-state index in [1.54, 1.807) is 0 Å². The van der Waals surface area contributed by atoms with Crippen molar-refractivity contribution in [2.45, 2.75) is 32.7 Å². The number of aromatic nitrogens is 2. The van der Waals surface area contributed by atoms with E-state index in [0.29, 0.717) is 24.5 Å². The van der Waals surface area contributed by atoms with Gasteiger partial charge in [-0.1, -0.05) is 6.92 Å². The topological polar surface area (TPSA) is 101 Å². The zero-order chi connectivity index (χ0) is 14.9. The molecule has 0 radical (unpaired) electrons. The number of nitrogens with zero attached hydrogens (tertiary/aromatic N) is 3. The van der Waals surface area contributed by atoms with Crippen molar-refractivity contribution in [3.8, 4) is 0 Å². The van der Waals surface area contributed by atoms with Gasteiger partial charge in [0.05, 0.1) is 11.5 Å². The second-order valence-electron chi connectivity index (χ2n) is 5.10. The van der Waals surface area contributed by atoms with Crippen molar-refractivity contribution in [2.24, 2.45) is 5.84 Å². The van der Waals surface area contributed by atoms with Crippen LogP contribution in [0, 0.1) is 6.92 Å². The number of anilines is 2. The molecule has 2 heterocycles. The van der Waals surface area contributed by atoms with Gasteiger partial charge in [-0.2, -0.15) is 0 Å². The molecule has 112 valence electrons. The number of sulfone groups is 1. The highest BCUT2D eigenvalue weighted by molar-refractivity contribution is 7.91. The van der Waals surface area contributed by atoms with Gasteiger partial charge in [0.1, 0.15) is 17.5 Å². The summed E-state index contributed by atoms with van der Waals surface area (Å²) in [6.45, 7) is 3.85. The molecule has 0 saturated carbocycles. The van der Waals surface area contributed by atoms with Crippen LogP contribution < -0.4 is 16.2 Å². The molecule has 1 aliphatic rings. The van der Waals surface area contributed by atoms with Crippen LogP contribution in [0.5, 0.6) is 0 Å². The molecular weight excluding hydrogens is 278 g/mol. The molecule has 8 heteroatoms. The molecule has 2 rings (SSSR count). The summed E-state index contributed by atoms with van der Waals surface area (Å²) < 4.78 is 23.2. The Balaban J connectivity index is 2.36. The summed E-state index contributed by atoms with van der Waals surface area (Å²) in [6, 6.07) is -0.0380. The molecule has 7 nitrogen and oxygen atoms in total. The second kappa shape index (κ2) is 5.53. The summed E-state index contributed by atoms with van der Waals surface area (Å²) in [5.41, 5.74) is 3.41. The summed E-state index contributed by atoms with van der Waals surface area (Å²) in [4.78, 5) is 10.8. The van der Waals surface area contributed by atoms with Gasteiger partial charge < -0.3 is 10.3 Å². The molecule has 0 amide bonds. The molecular formula is C12H21N5O2S. The van der Waals surface area contributed by atoms with Crippen molar-refractivity contribution in [3.63, 3.8) is 0 Å². The van der Waals surface area contributed by atoms with Gasteiger partial charge in [0.25, 0.3) is 0 Å². The third-order valence-corrected chi connectivity index (χ3v) is 5.46. The first-order valence-electron chi connectivity index (χ1n) is 6.65. The average molecular weight is 299 g/mol. The number of hydrazine groups is 1. The normalized spacial score (nSPS) is 20.9. The molecule has 0 aromatic carbocycles. The molecule has 1 aliphatic heterocycles. The first-order valence-corrected chi connectivity index (χ1v) is 8.47. The highest BCUT2D eigenvalue weighted by Gasteiger charge is 2.32. The minimum atomic E-state index is -2.92. The molecule has 0 aliphatic carbocycles. The number of nitrogens with one attached hydrogen (secondary N) is 1. The van der Waals surface area contributed by atoms with Gasteiger partial charge in [-0.15, -0.1) is 0 Å². The fraction of sp³-hybridized carbons (Fsp3) is 0.667. The van der Waals surface area contributed by atoms with Crippen LogP contribution in [0.25, 0.3) is 0 Å². The molecule has 3 N–H and O–H groups in total. The molecule has 1 unspecified atom stereocenters. The lowest BCUT2D eigenvalue weighted by Crippen LogP contribution is -2.34. The maximum atomic E-state index is 11.6. The Kier molecular flexibility index (Phi) is 4.14. The van der Waals surface area contributed by atoms with Crippen molar-refractivity contribution < 1.29 is 8.42 Å². The Morgan fingerprint density at radius 1 is 1.45 bits per heavy atom. The number of nitrogen functional groups attached to an aromatic ring is 1. The Morgan fingerprint density at radius 3 is 2.65 bits per heavy atom. The third-order valence-electron chi connectivity index (χ3n) is 3.71. The van der Waals surface area contributed by atoms with E-state index in [1.807, 2.05) is 25.8 Å². The van der Waals surface area contributed by atoms with Crippen molar-refractivity contribution >= 4 is 21.5 Å². The maximum absolute atomic E-state index is 11.6. The van der Waals surface area contributed by atoms with Gasteiger partial charge in [0.2, 0.25) is 0 Å². The molecule has 1 saturated heterocycles. The molecule has 0 spiro atoms. The second-order valence-corrected chi connectivity index (χ2v) is 7.33. The summed E-state index contributed by atoms with van der Waals surface area (Å²) in [5.74, 6) is 7.92. The van der Waals surface area contributed by atoms with Crippen LogP contribution in [-0.4, -0.2) is 43.0 Å². The van der Waals surface area contributed by atoms with Crippen molar-refractivity contribution in [3.05, 3.63) is 11.4 Å². The zero-order valence-electron chi connectivity index (χ0n) is 12.0. The van der Waals surface area contributed by atoms with Gasteiger partial charge in [-0.25, -0.2) is 24.2 Å². The van der Waals surface area contributed by atoms with Crippen LogP contribution in [0.1, 0.15) is 24.7 Å². The summed E-state index contributed by atoms with van der Waals surface area (Å²) in [5, 5.41) is 0. The quantitative estimate of drug-likeness (QED) is 0.607. The largest absolute Gasteiger partial charge is 0.355 e. The SMILES string of the molecule is CCc1nc(NN)c(C)c(N(C)C2CCS(=O)(=O)C2)n1. The van der Waals surface area contributed by atoms with E-state index in [4.69, 9.17) is 5.84 Å². The Labute approximate surface area is 119 Å². The lowest BCUT2D eigenvalue weighted by molar-refractivity contribution is 0.600. The van der Waals surface area contributed by atoms with Crippen LogP contribution in [0.2, 0.25) is 0 Å². The standard InChI is InChI=1S/C12H21N5O2S/c1-4-10-14-11(16-13)8(2)12(15-10)17(3)9-5-6-20(18,19)7-9/h9H,4-7,13H2,1-3H3,(H,14,15,16). The van der Waals surface area contributed by atoms with Crippen molar-refractivity contribution in [2.75, 3.05) is 28.9 Å². The minimum Gasteiger partial charge on any atom is -0.355 e. The van der Waals surface area contributed by atoms with E-state index in [2.05, 4.69) is 15.4 Å². The van der Waals surface area contributed by atoms with E-state index in [0.717, 1.165) is 11.4 Å². The predicted octanol–water partition coefficient (Wildman–Crippen LogP) is 0.256. The lowest BCUT2D eigenvalue weighted by atomic mass is 10.2. The molecule has 1 fully saturated rings. The number of hydrogen-bond donors (Lipinski definition) is 2. The maximum Gasteiger partial charge on any atom is 0.152 e. The third kappa shape index (κ3) is 2.85. The molecule has 20 heavy (non-hydrogen) atoms. The Bertz CT molecular complexity index is 602. The van der Waals surface area contributed by atoms with Crippen LogP contribution in [0.15, 0.2) is 0 Å². The summed E-state index contributed by atoms with van der Waals surface area (Å²) in [6.07, 6.45) is 1.33. The highest BCUT2D eigenvalue weighted by Crippen LogP contribution is 2.27. The summed E-state index contributed by atoms with van der Waals surface area (Å²) in [7, 11) is -1.04. The number of hydrogen-bond acceptors (Lipinski definition) is 7. The van der Waals surface area contributed by atoms with E-state index in [-0.39, 0.29) is 17.5 Å². The molecule has 0 bridgehead atoms. The van der Waals surface area contributed by atoms with Crippen LogP contribution in [0.3, 0.4) is 0 Å². The van der Waals surface area contributed by atoms with E-state index < -0.39 is 9.84 Å². The minimum absolute atomic E-state index is 0.0380. The first kappa shape index (κ1) is 15.0. The van der Waals surface area contributed by atoms with Crippen LogP contribution >= 0.6 is 0 Å². The molecule has 1 atom stereocenters. The monoisotopic (exact) mass is 299 g/mol. The van der Waals surface area contributed by atoms with E-state index >= 15 is 0 Å². The van der Waals surface area contributed by atoms with Crippen LogP contribution in [0.4, 0.5) is 11.6 Å². The van der Waals surface area contributed by atoms with Gasteiger partial charge >= 0.3 is 0 Å². The summed E-state index contributed by atoms with van der Waals surface area (Å²) >= 11 is 0. The van der Waals surface area contributed by atoms with Gasteiger partial charge in [-0.3, -0.25) is 0 Å². The van der Waals surface area contributed by atoms with E-state index in [1.165, 1.54) is 0 Å². The van der Waals surface area contributed by atoms with Crippen LogP contribution in [-0.2, 0) is 16.3 Å². The van der Waals surface area contributed by atoms with Gasteiger partial charge in [-0.05, 0) is 13.3 Å². The van der Waals surface area contributed by atoms with Crippen molar-refractivity contribution in [1.82, 2.24) is 9.97 Å². The van der Waals surface area contributed by atoms with Gasteiger partial charge in [0.15, 0.2) is 9.84 Å². The fourth-order valence-electron chi connectivity index (χ4n) is 2.45. The lowest BCUT2D eigenvalue weighted by Gasteiger charge is -2.27. The fourth-order valence-corrected chi connectivity index (χ4v) is 4.22. The number of nitrogens with two attached hydrogens (primary N) is 1. The Morgan fingerprint density at radius 2 is 2.15 bits per heavy atom. The highest BCUT2D eigenvalue weighted by atomic mass is 32.2. The molecule has 1 aromatic rings. The predicted molar refractivity (Wildman–Crippen MR) is 79.4 cm³/mol.